The monoisotopic (exact) mass is 1140 g/mol. The molecule has 0 spiro atoms. The minimum atomic E-state index is -0.693. The van der Waals surface area contributed by atoms with Gasteiger partial charge >= 0.3 is 18.1 Å². The molecule has 0 bridgehead atoms. The number of likely N-dealkylation sites (tertiary alicyclic amines) is 1. The number of aryl methyl sites for hydroxylation is 2. The molecule has 6 aliphatic rings. The minimum absolute atomic E-state index is 0.0596. The van der Waals surface area contributed by atoms with Crippen molar-refractivity contribution in [2.24, 2.45) is 0 Å². The Balaban J connectivity index is 0.677. The molecule has 1 aliphatic carbocycles. The fourth-order valence-corrected chi connectivity index (χ4v) is 13.7. The highest BCUT2D eigenvalue weighted by atomic mass is 19.1. The van der Waals surface area contributed by atoms with Gasteiger partial charge in [-0.1, -0.05) is 43.8 Å². The van der Waals surface area contributed by atoms with E-state index in [1.807, 2.05) is 13.0 Å². The number of ether oxygens (including phenoxy) is 3. The van der Waals surface area contributed by atoms with Crippen LogP contribution in [0.3, 0.4) is 0 Å². The van der Waals surface area contributed by atoms with Crippen LogP contribution in [0.1, 0.15) is 114 Å². The molecule has 6 aromatic rings. The van der Waals surface area contributed by atoms with Gasteiger partial charge in [-0.2, -0.15) is 15.2 Å². The minimum Gasteiger partial charge on any atom is -0.462 e. The molecule has 0 radical (unpaired) electrons. The van der Waals surface area contributed by atoms with Gasteiger partial charge in [0.1, 0.15) is 31.5 Å². The van der Waals surface area contributed by atoms with Gasteiger partial charge < -0.3 is 48.6 Å². The summed E-state index contributed by atoms with van der Waals surface area (Å²) in [6, 6.07) is 17.9. The second kappa shape index (κ2) is 23.0. The van der Waals surface area contributed by atoms with Crippen LogP contribution in [-0.2, 0) is 56.4 Å². The topological polar surface area (TPSA) is 209 Å². The fraction of sp³-hybridized carbons (Fsp3) is 0.453. The van der Waals surface area contributed by atoms with Crippen LogP contribution in [-0.4, -0.2) is 137 Å². The number of fused-ring (bicyclic) bond motifs is 7. The zero-order valence-electron chi connectivity index (χ0n) is 48.4. The van der Waals surface area contributed by atoms with E-state index in [-0.39, 0.29) is 80.6 Å². The lowest BCUT2D eigenvalue weighted by Crippen LogP contribution is -2.56. The Bertz CT molecular complexity index is 3820. The normalized spacial score (nSPS) is 19.7. The van der Waals surface area contributed by atoms with Crippen LogP contribution in [0.25, 0.3) is 33.1 Å². The standard InChI is InChI=1S/C64H70FN11O8/c1-7-42-45-28-53-58-46(31-76(53)61(79)47(45)35-82-62(42)80)57-49(19-18-43-38(4)48(65)29-50(68-58)56(43)57)67-54(77)17-11-24-72(6)64(81)84-33-37(3)60(78)75-27-26-74(30-40(75)20-22-66)59-44-21-25-73(52-16-9-14-39-13-8-12-36(2)55(39)52)32-51(44)69-63(70-59)83-34-41-15-10-23-71(41)5/h8-9,12-14,16,28-29,40-42,49H,3,7,10-11,15,17-21,23-27,30-35H2,1-2,4-6H3,(H,67,77). The van der Waals surface area contributed by atoms with E-state index in [9.17, 15) is 29.2 Å². The maximum atomic E-state index is 15.5. The van der Waals surface area contributed by atoms with Crippen molar-refractivity contribution in [2.45, 2.75) is 122 Å². The van der Waals surface area contributed by atoms with Crippen LogP contribution in [0.4, 0.5) is 20.7 Å². The average Bonchev–Trinajstić information content (AvgIpc) is 3.81. The summed E-state index contributed by atoms with van der Waals surface area (Å²) in [6.45, 7) is 13.5. The van der Waals surface area contributed by atoms with E-state index in [0.29, 0.717) is 98.0 Å². The quantitative estimate of drug-likeness (QED) is 0.0766. The first-order chi connectivity index (χ1) is 40.6. The molecule has 12 rings (SSSR count). The highest BCUT2D eigenvalue weighted by Crippen LogP contribution is 2.46. The summed E-state index contributed by atoms with van der Waals surface area (Å²) in [4.78, 5) is 93.1. The van der Waals surface area contributed by atoms with Crippen LogP contribution in [0.15, 0.2) is 65.5 Å². The van der Waals surface area contributed by atoms with Gasteiger partial charge in [0.25, 0.3) is 11.5 Å². The molecule has 3 amide bonds. The maximum Gasteiger partial charge on any atom is 0.409 e. The Morgan fingerprint density at radius 3 is 2.55 bits per heavy atom. The highest BCUT2D eigenvalue weighted by Gasteiger charge is 2.39. The summed E-state index contributed by atoms with van der Waals surface area (Å²) >= 11 is 0. The molecular weight excluding hydrogens is 1070 g/mol. The first kappa shape index (κ1) is 56.1. The molecule has 0 saturated carbocycles. The molecule has 436 valence electrons. The predicted octanol–water partition coefficient (Wildman–Crippen LogP) is 7.85. The number of benzene rings is 3. The molecule has 8 heterocycles. The molecular formula is C64H70FN11O8. The molecule has 2 fully saturated rings. The number of likely N-dealkylation sites (N-methyl/N-ethyl adjacent to an activating group) is 1. The third-order valence-corrected chi connectivity index (χ3v) is 18.3. The van der Waals surface area contributed by atoms with E-state index >= 15 is 4.39 Å². The van der Waals surface area contributed by atoms with Crippen molar-refractivity contribution in [3.63, 3.8) is 0 Å². The van der Waals surface area contributed by atoms with Crippen LogP contribution >= 0.6 is 0 Å². The Labute approximate surface area is 487 Å². The Kier molecular flexibility index (Phi) is 15.3. The number of piperazine rings is 1. The lowest BCUT2D eigenvalue weighted by molar-refractivity contribution is -0.148. The van der Waals surface area contributed by atoms with E-state index in [1.165, 1.54) is 27.3 Å². The molecule has 2 saturated heterocycles. The number of cyclic esters (lactones) is 1. The van der Waals surface area contributed by atoms with Crippen LogP contribution < -0.4 is 25.4 Å². The maximum absolute atomic E-state index is 15.5. The van der Waals surface area contributed by atoms with Crippen LogP contribution in [0.2, 0.25) is 0 Å². The van der Waals surface area contributed by atoms with E-state index in [1.54, 1.807) is 23.4 Å². The van der Waals surface area contributed by atoms with Crippen molar-refractivity contribution in [3.05, 3.63) is 127 Å². The van der Waals surface area contributed by atoms with Crippen molar-refractivity contribution < 1.29 is 37.8 Å². The highest BCUT2D eigenvalue weighted by molar-refractivity contribution is 5.97. The lowest BCUT2D eigenvalue weighted by atomic mass is 9.81. The Morgan fingerprint density at radius 1 is 0.940 bits per heavy atom. The number of halogens is 1. The van der Waals surface area contributed by atoms with Gasteiger partial charge in [0.15, 0.2) is 0 Å². The number of carbonyl (C=O) groups excluding carboxylic acids is 4. The van der Waals surface area contributed by atoms with E-state index in [2.05, 4.69) is 83.0 Å². The largest absolute Gasteiger partial charge is 0.462 e. The van der Waals surface area contributed by atoms with Crippen molar-refractivity contribution >= 4 is 57.1 Å². The lowest BCUT2D eigenvalue weighted by Gasteiger charge is -2.42. The number of hydrogen-bond donors (Lipinski definition) is 1. The number of nitriles is 1. The van der Waals surface area contributed by atoms with Crippen molar-refractivity contribution in [2.75, 3.05) is 76.4 Å². The number of anilines is 2. The second-order valence-electron chi connectivity index (χ2n) is 23.4. The molecule has 5 aliphatic heterocycles. The van der Waals surface area contributed by atoms with Crippen LogP contribution in [0.5, 0.6) is 6.01 Å². The fourth-order valence-electron chi connectivity index (χ4n) is 13.7. The first-order valence-electron chi connectivity index (χ1n) is 29.4. The summed E-state index contributed by atoms with van der Waals surface area (Å²) in [6.07, 6.45) is 4.01. The summed E-state index contributed by atoms with van der Waals surface area (Å²) in [7, 11) is 3.67. The third kappa shape index (κ3) is 10.2. The summed E-state index contributed by atoms with van der Waals surface area (Å²) in [5, 5.41) is 16.5. The number of rotatable bonds is 15. The number of pyridine rings is 2. The summed E-state index contributed by atoms with van der Waals surface area (Å²) in [5.41, 5.74) is 9.55. The number of carbonyl (C=O) groups is 4. The van der Waals surface area contributed by atoms with E-state index in [0.717, 1.165) is 70.8 Å². The zero-order valence-corrected chi connectivity index (χ0v) is 48.4. The number of aromatic nitrogens is 4. The first-order valence-corrected chi connectivity index (χ1v) is 29.4. The van der Waals surface area contributed by atoms with Gasteiger partial charge in [-0.25, -0.2) is 14.2 Å². The molecule has 4 unspecified atom stereocenters. The molecule has 84 heavy (non-hydrogen) atoms. The molecule has 19 nitrogen and oxygen atoms in total. The molecule has 3 aromatic heterocycles. The smallest absolute Gasteiger partial charge is 0.409 e. The summed E-state index contributed by atoms with van der Waals surface area (Å²) in [5.74, 6) is -1.26. The number of nitrogens with one attached hydrogen (secondary N) is 1. The molecule has 1 N–H and O–H groups in total. The van der Waals surface area contributed by atoms with Crippen molar-refractivity contribution in [1.29, 1.82) is 5.26 Å². The average molecular weight is 1140 g/mol. The van der Waals surface area contributed by atoms with Gasteiger partial charge in [-0.15, -0.1) is 0 Å². The van der Waals surface area contributed by atoms with E-state index in [4.69, 9.17) is 29.2 Å². The second-order valence-corrected chi connectivity index (χ2v) is 23.4. The molecule has 4 atom stereocenters. The van der Waals surface area contributed by atoms with Crippen molar-refractivity contribution in [1.82, 2.24) is 39.5 Å². The SMILES string of the molecule is C=C(COC(=O)N(C)CCCC(=O)NC1CCc2c(C)c(F)cc3nc4c(c1c23)Cn1c-4cc2c(c1=O)COC(=O)C2CC)C(=O)N1CCN(c2nc(OCC3CCCN3C)nc3c2CCN(c2cccc4cccc(C)c24)C3)CC1CC#N. The number of amides is 3. The summed E-state index contributed by atoms with van der Waals surface area (Å²) < 4.78 is 34.6. The van der Waals surface area contributed by atoms with Gasteiger partial charge in [-0.3, -0.25) is 19.2 Å². The van der Waals surface area contributed by atoms with E-state index < -0.39 is 30.0 Å². The van der Waals surface area contributed by atoms with Gasteiger partial charge in [0.05, 0.1) is 71.7 Å². The van der Waals surface area contributed by atoms with Gasteiger partial charge in [0.2, 0.25) is 5.91 Å². The number of nitrogens with zero attached hydrogens (tertiary/aromatic N) is 10. The Morgan fingerprint density at radius 2 is 1.76 bits per heavy atom. The third-order valence-electron chi connectivity index (χ3n) is 18.3. The Hall–Kier alpha value is -8.44. The number of esters is 1. The van der Waals surface area contributed by atoms with Gasteiger partial charge in [0, 0.05) is 91.5 Å². The van der Waals surface area contributed by atoms with Gasteiger partial charge in [-0.05, 0) is 118 Å². The number of hydrogen-bond acceptors (Lipinski definition) is 15. The zero-order chi connectivity index (χ0) is 58.7. The van der Waals surface area contributed by atoms with Crippen molar-refractivity contribution in [3.8, 4) is 23.5 Å². The van der Waals surface area contributed by atoms with Crippen LogP contribution in [0, 0.1) is 31.0 Å². The molecule has 3 aromatic carbocycles. The predicted molar refractivity (Wildman–Crippen MR) is 314 cm³/mol. The molecule has 20 heteroatoms.